The lowest BCUT2D eigenvalue weighted by atomic mass is 9.84. The van der Waals surface area contributed by atoms with E-state index in [1.54, 1.807) is 11.8 Å². The Morgan fingerprint density at radius 3 is 2.67 bits per heavy atom. The summed E-state index contributed by atoms with van der Waals surface area (Å²) in [5, 5.41) is 0. The SMILES string of the molecule is [B]C(CSC)C(=O)CC. The van der Waals surface area contributed by atoms with E-state index in [-0.39, 0.29) is 11.6 Å². The molecule has 0 aromatic rings. The van der Waals surface area contributed by atoms with Crippen molar-refractivity contribution in [3.63, 3.8) is 0 Å². The van der Waals surface area contributed by atoms with Crippen LogP contribution < -0.4 is 0 Å². The molecular weight excluding hydrogens is 131 g/mol. The standard InChI is InChI=1S/C6H11BOS/c1-3-6(8)5(7)4-9-2/h5H,3-4H2,1-2H3. The third kappa shape index (κ3) is 3.63. The Morgan fingerprint density at radius 2 is 2.33 bits per heavy atom. The van der Waals surface area contributed by atoms with Crippen molar-refractivity contribution in [1.82, 2.24) is 0 Å². The molecular formula is C6H11BOS. The van der Waals surface area contributed by atoms with Crippen LogP contribution in [-0.2, 0) is 4.79 Å². The average Bonchev–Trinajstić information content (AvgIpc) is 1.87. The maximum absolute atomic E-state index is 10.8. The second kappa shape index (κ2) is 4.92. The van der Waals surface area contributed by atoms with Gasteiger partial charge in [0.1, 0.15) is 5.78 Å². The second-order valence-corrected chi connectivity index (χ2v) is 2.79. The molecule has 9 heavy (non-hydrogen) atoms. The van der Waals surface area contributed by atoms with Gasteiger partial charge in [0.15, 0.2) is 0 Å². The molecule has 1 unspecified atom stereocenters. The summed E-state index contributed by atoms with van der Waals surface area (Å²) in [6.45, 7) is 1.84. The third-order valence-corrected chi connectivity index (χ3v) is 1.80. The number of carbonyl (C=O) groups excluding carboxylic acids is 1. The van der Waals surface area contributed by atoms with Crippen LogP contribution in [0.15, 0.2) is 0 Å². The zero-order valence-electron chi connectivity index (χ0n) is 5.89. The topological polar surface area (TPSA) is 17.1 Å². The van der Waals surface area contributed by atoms with E-state index in [0.717, 1.165) is 5.75 Å². The maximum atomic E-state index is 10.8. The first kappa shape index (κ1) is 9.08. The molecule has 0 aliphatic carbocycles. The van der Waals surface area contributed by atoms with Crippen molar-refractivity contribution < 1.29 is 4.79 Å². The highest BCUT2D eigenvalue weighted by atomic mass is 32.2. The van der Waals surface area contributed by atoms with Gasteiger partial charge >= 0.3 is 0 Å². The molecule has 0 aliphatic rings. The summed E-state index contributed by atoms with van der Waals surface area (Å²) in [6, 6.07) is 0. The molecule has 3 heteroatoms. The summed E-state index contributed by atoms with van der Waals surface area (Å²) in [6.07, 6.45) is 2.50. The fourth-order valence-electron chi connectivity index (χ4n) is 0.535. The van der Waals surface area contributed by atoms with Crippen molar-refractivity contribution in [1.29, 1.82) is 0 Å². The Labute approximate surface area is 62.0 Å². The molecule has 1 atom stereocenters. The summed E-state index contributed by atoms with van der Waals surface area (Å²) in [5.41, 5.74) is 0. The molecule has 0 aliphatic heterocycles. The zero-order chi connectivity index (χ0) is 7.28. The molecule has 50 valence electrons. The van der Waals surface area contributed by atoms with Gasteiger partial charge in [-0.1, -0.05) is 6.92 Å². The van der Waals surface area contributed by atoms with E-state index in [1.807, 2.05) is 13.2 Å². The van der Waals surface area contributed by atoms with Gasteiger partial charge in [-0.3, -0.25) is 0 Å². The normalized spacial score (nSPS) is 13.1. The fourth-order valence-corrected chi connectivity index (χ4v) is 1.08. The molecule has 0 saturated heterocycles. The molecule has 0 amide bonds. The highest BCUT2D eigenvalue weighted by Crippen LogP contribution is 2.09. The summed E-state index contributed by atoms with van der Waals surface area (Å²) in [5.74, 6) is 0.654. The molecule has 0 bridgehead atoms. The summed E-state index contributed by atoms with van der Waals surface area (Å²) < 4.78 is 0. The summed E-state index contributed by atoms with van der Waals surface area (Å²) in [7, 11) is 5.47. The van der Waals surface area contributed by atoms with Crippen LogP contribution in [0.4, 0.5) is 0 Å². The van der Waals surface area contributed by atoms with Crippen molar-refractivity contribution in [2.45, 2.75) is 19.2 Å². The third-order valence-electron chi connectivity index (χ3n) is 1.11. The summed E-state index contributed by atoms with van der Waals surface area (Å²) >= 11 is 1.61. The molecule has 0 aromatic heterocycles. The van der Waals surface area contributed by atoms with Gasteiger partial charge in [-0.05, 0) is 17.8 Å². The number of thioether (sulfide) groups is 1. The van der Waals surface area contributed by atoms with E-state index in [2.05, 4.69) is 0 Å². The number of Topliss-reactive ketones (excluding diaryl/α,β-unsaturated/α-hetero) is 1. The minimum absolute atomic E-state index is 0.157. The Hall–Kier alpha value is 0.0849. The van der Waals surface area contributed by atoms with Crippen molar-refractivity contribution in [2.24, 2.45) is 0 Å². The van der Waals surface area contributed by atoms with Gasteiger partial charge in [0.05, 0.1) is 7.85 Å². The van der Waals surface area contributed by atoms with Crippen LogP contribution in [-0.4, -0.2) is 25.6 Å². The van der Waals surface area contributed by atoms with Gasteiger partial charge < -0.3 is 4.79 Å². The van der Waals surface area contributed by atoms with Crippen molar-refractivity contribution in [2.75, 3.05) is 12.0 Å². The van der Waals surface area contributed by atoms with Gasteiger partial charge in [0.2, 0.25) is 0 Å². The molecule has 1 nitrogen and oxygen atoms in total. The van der Waals surface area contributed by atoms with Crippen molar-refractivity contribution >= 4 is 25.4 Å². The largest absolute Gasteiger partial charge is 0.300 e. The molecule has 0 fully saturated rings. The van der Waals surface area contributed by atoms with E-state index in [0.29, 0.717) is 6.42 Å². The average molecular weight is 142 g/mol. The first-order valence-corrected chi connectivity index (χ1v) is 4.39. The van der Waals surface area contributed by atoms with Gasteiger partial charge in [0, 0.05) is 6.42 Å². The van der Waals surface area contributed by atoms with E-state index in [1.165, 1.54) is 0 Å². The molecule has 0 spiro atoms. The molecule has 0 aromatic carbocycles. The maximum Gasteiger partial charge on any atom is 0.127 e. The monoisotopic (exact) mass is 142 g/mol. The quantitative estimate of drug-likeness (QED) is 0.550. The van der Waals surface area contributed by atoms with Gasteiger partial charge in [-0.2, -0.15) is 11.8 Å². The van der Waals surface area contributed by atoms with Crippen LogP contribution in [0.3, 0.4) is 0 Å². The van der Waals surface area contributed by atoms with Crippen LogP contribution in [0, 0.1) is 0 Å². The number of ketones is 1. The number of hydrogen-bond acceptors (Lipinski definition) is 2. The highest BCUT2D eigenvalue weighted by molar-refractivity contribution is 7.98. The predicted octanol–water partition coefficient (Wildman–Crippen LogP) is 1.29. The van der Waals surface area contributed by atoms with Crippen LogP contribution in [0.25, 0.3) is 0 Å². The second-order valence-electron chi connectivity index (χ2n) is 1.88. The first-order chi connectivity index (χ1) is 4.22. The van der Waals surface area contributed by atoms with Gasteiger partial charge in [-0.25, -0.2) is 0 Å². The van der Waals surface area contributed by atoms with Gasteiger partial charge in [-0.15, -0.1) is 0 Å². The number of rotatable bonds is 4. The summed E-state index contributed by atoms with van der Waals surface area (Å²) in [4.78, 5) is 10.8. The molecule has 0 N–H and O–H groups in total. The van der Waals surface area contributed by atoms with Crippen molar-refractivity contribution in [3.05, 3.63) is 0 Å². The Bertz CT molecular complexity index is 95.1. The Morgan fingerprint density at radius 1 is 1.78 bits per heavy atom. The Kier molecular flexibility index (Phi) is 4.96. The lowest BCUT2D eigenvalue weighted by molar-refractivity contribution is -0.118. The highest BCUT2D eigenvalue weighted by Gasteiger charge is 2.07. The van der Waals surface area contributed by atoms with E-state index in [4.69, 9.17) is 7.85 Å². The predicted molar refractivity (Wildman–Crippen MR) is 43.2 cm³/mol. The lowest BCUT2D eigenvalue weighted by Gasteiger charge is -2.04. The van der Waals surface area contributed by atoms with Gasteiger partial charge in [0.25, 0.3) is 0 Å². The van der Waals surface area contributed by atoms with Crippen LogP contribution in [0.5, 0.6) is 0 Å². The smallest absolute Gasteiger partial charge is 0.127 e. The van der Waals surface area contributed by atoms with Crippen LogP contribution in [0.2, 0.25) is 5.82 Å². The molecule has 0 rings (SSSR count). The minimum Gasteiger partial charge on any atom is -0.300 e. The minimum atomic E-state index is -0.245. The number of carbonyl (C=O) groups is 1. The molecule has 0 heterocycles. The molecule has 2 radical (unpaired) electrons. The van der Waals surface area contributed by atoms with Crippen molar-refractivity contribution in [3.8, 4) is 0 Å². The van der Waals surface area contributed by atoms with E-state index >= 15 is 0 Å². The molecule has 0 saturated carbocycles. The Balaban J connectivity index is 3.45. The van der Waals surface area contributed by atoms with E-state index < -0.39 is 0 Å². The lowest BCUT2D eigenvalue weighted by Crippen LogP contribution is -2.08. The zero-order valence-corrected chi connectivity index (χ0v) is 6.70. The van der Waals surface area contributed by atoms with E-state index in [9.17, 15) is 4.79 Å². The fraction of sp³-hybridized carbons (Fsp3) is 0.833. The first-order valence-electron chi connectivity index (χ1n) is 2.99. The van der Waals surface area contributed by atoms with Crippen LogP contribution in [0.1, 0.15) is 13.3 Å². The number of hydrogen-bond donors (Lipinski definition) is 0. The van der Waals surface area contributed by atoms with Crippen LogP contribution >= 0.6 is 11.8 Å².